The van der Waals surface area contributed by atoms with E-state index in [1.54, 1.807) is 0 Å². The van der Waals surface area contributed by atoms with Crippen molar-refractivity contribution in [2.45, 2.75) is 79.1 Å². The highest BCUT2D eigenvalue weighted by molar-refractivity contribution is 6.19. The normalized spacial score (nSPS) is 18.9. The summed E-state index contributed by atoms with van der Waals surface area (Å²) in [6.07, 6.45) is 7.24. The molecule has 2 aliphatic heterocycles. The van der Waals surface area contributed by atoms with E-state index in [0.717, 1.165) is 28.9 Å². The van der Waals surface area contributed by atoms with Gasteiger partial charge in [0.25, 0.3) is 11.8 Å². The third kappa shape index (κ3) is 6.77. The second-order valence-corrected chi connectivity index (χ2v) is 12.1. The Balaban J connectivity index is 1.42. The summed E-state index contributed by atoms with van der Waals surface area (Å²) in [4.78, 5) is 28.3. The van der Waals surface area contributed by atoms with Gasteiger partial charge in [-0.25, -0.2) is 10.0 Å². The van der Waals surface area contributed by atoms with E-state index in [-0.39, 0.29) is 11.8 Å². The first-order valence-corrected chi connectivity index (χ1v) is 15.9. The van der Waals surface area contributed by atoms with E-state index >= 15 is 0 Å². The molecule has 2 aliphatic rings. The zero-order chi connectivity index (χ0) is 31.2. The Morgan fingerprint density at radius 1 is 0.636 bits per heavy atom. The fraction of sp³-hybridized carbons (Fsp3) is 0.405. The van der Waals surface area contributed by atoms with Crippen molar-refractivity contribution < 1.29 is 14.3 Å². The summed E-state index contributed by atoms with van der Waals surface area (Å²) in [5.41, 5.74) is 5.88. The zero-order valence-electron chi connectivity index (χ0n) is 26.6. The highest BCUT2D eigenvalue weighted by atomic mass is 16.5. The number of anilines is 2. The molecule has 0 aromatic heterocycles. The molecule has 0 N–H and O–H groups in total. The largest absolute Gasteiger partial charge is 0.494 e. The fourth-order valence-electron chi connectivity index (χ4n) is 6.16. The van der Waals surface area contributed by atoms with Crippen LogP contribution in [0, 0.1) is 25.7 Å². The van der Waals surface area contributed by atoms with E-state index in [9.17, 15) is 9.59 Å². The average molecular weight is 593 g/mol. The van der Waals surface area contributed by atoms with Crippen LogP contribution in [-0.2, 0) is 9.59 Å². The van der Waals surface area contributed by atoms with Crippen LogP contribution in [0.25, 0.3) is 0 Å². The molecule has 2 amide bonds. The molecule has 3 aromatic carbocycles. The van der Waals surface area contributed by atoms with E-state index in [0.29, 0.717) is 29.4 Å². The van der Waals surface area contributed by atoms with Crippen LogP contribution in [0.15, 0.2) is 83.0 Å². The van der Waals surface area contributed by atoms with Crippen molar-refractivity contribution in [3.05, 3.63) is 89.5 Å². The molecule has 0 fully saturated rings. The molecule has 3 aromatic rings. The topological polar surface area (TPSA) is 74.6 Å². The summed E-state index contributed by atoms with van der Waals surface area (Å²) in [7, 11) is 0. The first kappa shape index (κ1) is 31.2. The Morgan fingerprint density at radius 3 is 1.57 bits per heavy atom. The highest BCUT2D eigenvalue weighted by Crippen LogP contribution is 2.43. The molecular weight excluding hydrogens is 548 g/mol. The maximum atomic E-state index is 14.1. The van der Waals surface area contributed by atoms with Crippen molar-refractivity contribution in [1.29, 1.82) is 0 Å². The van der Waals surface area contributed by atoms with Gasteiger partial charge in [-0.05, 0) is 76.1 Å². The maximum absolute atomic E-state index is 14.1. The van der Waals surface area contributed by atoms with Gasteiger partial charge < -0.3 is 4.74 Å². The molecular formula is C37H44N4O3. The van der Waals surface area contributed by atoms with E-state index in [1.807, 2.05) is 100 Å². The number of hydrogen-bond donors (Lipinski definition) is 0. The predicted molar refractivity (Wildman–Crippen MR) is 179 cm³/mol. The van der Waals surface area contributed by atoms with Gasteiger partial charge in [0.05, 0.1) is 29.8 Å². The quantitative estimate of drug-likeness (QED) is 0.188. The van der Waals surface area contributed by atoms with Crippen LogP contribution in [0.1, 0.15) is 81.9 Å². The summed E-state index contributed by atoms with van der Waals surface area (Å²) < 4.78 is 6.05. The molecule has 230 valence electrons. The molecule has 7 heteroatoms. The number of benzene rings is 3. The van der Waals surface area contributed by atoms with Crippen LogP contribution < -0.4 is 14.8 Å². The lowest BCUT2D eigenvalue weighted by Gasteiger charge is -2.29. The SMILES string of the molecule is CCCCCCCCOc1ccc(C(C2C(=O)N(c3ccc(C)cc3)N=C2C)C2C(=O)N(c3ccc(C)cc3)N=C2C)cc1. The Hall–Kier alpha value is -4.26. The van der Waals surface area contributed by atoms with Crippen molar-refractivity contribution in [2.24, 2.45) is 22.0 Å². The van der Waals surface area contributed by atoms with Gasteiger partial charge in [-0.2, -0.15) is 10.2 Å². The molecule has 2 heterocycles. The van der Waals surface area contributed by atoms with Gasteiger partial charge in [0.15, 0.2) is 0 Å². The van der Waals surface area contributed by atoms with Crippen LogP contribution >= 0.6 is 0 Å². The average Bonchev–Trinajstić information content (AvgIpc) is 3.48. The van der Waals surface area contributed by atoms with Crippen LogP contribution in [0.4, 0.5) is 11.4 Å². The van der Waals surface area contributed by atoms with Gasteiger partial charge in [0.2, 0.25) is 0 Å². The van der Waals surface area contributed by atoms with E-state index in [2.05, 4.69) is 6.92 Å². The molecule has 0 radical (unpaired) electrons. The highest BCUT2D eigenvalue weighted by Gasteiger charge is 2.50. The van der Waals surface area contributed by atoms with Gasteiger partial charge in [-0.1, -0.05) is 86.6 Å². The number of unbranched alkanes of at least 4 members (excludes halogenated alkanes) is 5. The summed E-state index contributed by atoms with van der Waals surface area (Å²) in [5, 5.41) is 12.4. The Kier molecular flexibility index (Phi) is 9.93. The number of hydrazone groups is 2. The van der Waals surface area contributed by atoms with Crippen LogP contribution in [0.2, 0.25) is 0 Å². The first-order valence-electron chi connectivity index (χ1n) is 15.9. The fourth-order valence-corrected chi connectivity index (χ4v) is 6.16. The van der Waals surface area contributed by atoms with E-state index in [1.165, 1.54) is 42.1 Å². The van der Waals surface area contributed by atoms with Crippen LogP contribution in [0.5, 0.6) is 5.75 Å². The molecule has 0 saturated carbocycles. The molecule has 2 atom stereocenters. The molecule has 0 bridgehead atoms. The number of rotatable bonds is 13. The lowest BCUT2D eigenvalue weighted by Crippen LogP contribution is -2.40. The minimum Gasteiger partial charge on any atom is -0.494 e. The number of hydrogen-bond acceptors (Lipinski definition) is 5. The third-order valence-corrected chi connectivity index (χ3v) is 8.67. The summed E-state index contributed by atoms with van der Waals surface area (Å²) >= 11 is 0. The smallest absolute Gasteiger partial charge is 0.256 e. The number of aryl methyl sites for hydroxylation is 2. The molecule has 0 spiro atoms. The third-order valence-electron chi connectivity index (χ3n) is 8.67. The van der Waals surface area contributed by atoms with Crippen LogP contribution in [-0.4, -0.2) is 29.8 Å². The van der Waals surface area contributed by atoms with Gasteiger partial charge in [0.1, 0.15) is 5.75 Å². The second-order valence-electron chi connectivity index (χ2n) is 12.1. The molecule has 7 nitrogen and oxygen atoms in total. The Bertz CT molecular complexity index is 1420. The number of carbonyl (C=O) groups is 2. The van der Waals surface area contributed by atoms with Crippen molar-refractivity contribution in [2.75, 3.05) is 16.6 Å². The van der Waals surface area contributed by atoms with E-state index < -0.39 is 17.8 Å². The zero-order valence-corrected chi connectivity index (χ0v) is 26.6. The van der Waals surface area contributed by atoms with Gasteiger partial charge in [-0.3, -0.25) is 9.59 Å². The lowest BCUT2D eigenvalue weighted by molar-refractivity contribution is -0.122. The molecule has 0 saturated heterocycles. The van der Waals surface area contributed by atoms with Gasteiger partial charge >= 0.3 is 0 Å². The molecule has 5 rings (SSSR count). The van der Waals surface area contributed by atoms with Crippen molar-refractivity contribution in [3.63, 3.8) is 0 Å². The monoisotopic (exact) mass is 592 g/mol. The predicted octanol–water partition coefficient (Wildman–Crippen LogP) is 8.20. The van der Waals surface area contributed by atoms with Gasteiger partial charge in [0, 0.05) is 17.3 Å². The van der Waals surface area contributed by atoms with Crippen LogP contribution in [0.3, 0.4) is 0 Å². The summed E-state index contributed by atoms with van der Waals surface area (Å²) in [6.45, 7) is 10.7. The molecule has 2 unspecified atom stereocenters. The lowest BCUT2D eigenvalue weighted by atomic mass is 9.73. The summed E-state index contributed by atoms with van der Waals surface area (Å²) in [5.74, 6) is -1.23. The number of ether oxygens (including phenoxy) is 1. The standard InChI is InChI=1S/C37H44N4O3/c1-6-7-8-9-10-11-24-44-32-22-16-29(17-23-32)35(33-27(4)38-40(36(33)42)30-18-12-25(2)13-19-30)34-28(5)39-41(37(34)43)31-20-14-26(3)15-21-31/h12-23,33-35H,6-11,24H2,1-5H3. The van der Waals surface area contributed by atoms with Gasteiger partial charge in [-0.15, -0.1) is 0 Å². The minimum atomic E-state index is -0.622. The minimum absolute atomic E-state index is 0.144. The van der Waals surface area contributed by atoms with Crippen molar-refractivity contribution >= 4 is 34.6 Å². The van der Waals surface area contributed by atoms with E-state index in [4.69, 9.17) is 14.9 Å². The Morgan fingerprint density at radius 2 is 1.09 bits per heavy atom. The first-order chi connectivity index (χ1) is 21.3. The Labute approximate surface area is 261 Å². The summed E-state index contributed by atoms with van der Waals surface area (Å²) in [6, 6.07) is 23.4. The number of nitrogens with zero attached hydrogens (tertiary/aromatic N) is 4. The molecule has 0 aliphatic carbocycles. The number of amides is 2. The molecule has 44 heavy (non-hydrogen) atoms. The second kappa shape index (κ2) is 14.0. The van der Waals surface area contributed by atoms with Crippen molar-refractivity contribution in [1.82, 2.24) is 0 Å². The number of carbonyl (C=O) groups excluding carboxylic acids is 2. The van der Waals surface area contributed by atoms with Crippen molar-refractivity contribution in [3.8, 4) is 5.75 Å². The maximum Gasteiger partial charge on any atom is 0.256 e.